The number of likely N-dealkylation sites (tertiary alicyclic amines) is 1. The van der Waals surface area contributed by atoms with Crippen molar-refractivity contribution in [3.8, 4) is 0 Å². The van der Waals surface area contributed by atoms with Gasteiger partial charge in [-0.3, -0.25) is 4.90 Å². The maximum atomic E-state index is 3.60. The van der Waals surface area contributed by atoms with Crippen molar-refractivity contribution in [1.82, 2.24) is 10.2 Å². The molecule has 2 fully saturated rings. The van der Waals surface area contributed by atoms with Gasteiger partial charge >= 0.3 is 0 Å². The molecule has 0 bridgehead atoms. The van der Waals surface area contributed by atoms with E-state index in [1.165, 1.54) is 38.6 Å². The van der Waals surface area contributed by atoms with Crippen molar-refractivity contribution >= 4 is 0 Å². The van der Waals surface area contributed by atoms with E-state index in [9.17, 15) is 0 Å². The average Bonchev–Trinajstić information content (AvgIpc) is 2.38. The Morgan fingerprint density at radius 1 is 1.05 bits per heavy atom. The summed E-state index contributed by atoms with van der Waals surface area (Å²) in [6.07, 6.45) is 6.96. The molecule has 1 saturated heterocycles. The summed E-state index contributed by atoms with van der Waals surface area (Å²) in [7, 11) is 2.16. The minimum atomic E-state index is 0.714. The van der Waals surface area contributed by atoms with E-state index in [1.807, 2.05) is 0 Å². The van der Waals surface area contributed by atoms with Gasteiger partial charge in [-0.15, -0.1) is 0 Å². The first-order valence-electron chi connectivity index (χ1n) is 8.46. The highest BCUT2D eigenvalue weighted by molar-refractivity contribution is 4.94. The van der Waals surface area contributed by atoms with Crippen LogP contribution in [0.2, 0.25) is 0 Å². The lowest BCUT2D eigenvalue weighted by atomic mass is 9.75. The Balaban J connectivity index is 2.05. The molecule has 1 saturated carbocycles. The fourth-order valence-electron chi connectivity index (χ4n) is 4.41. The summed E-state index contributed by atoms with van der Waals surface area (Å²) < 4.78 is 0. The summed E-state index contributed by atoms with van der Waals surface area (Å²) in [4.78, 5) is 2.83. The predicted molar refractivity (Wildman–Crippen MR) is 83.4 cm³/mol. The Bertz CT molecular complexity index is 276. The standard InChI is InChI=1S/C17H34N2/c1-12(2)15-6-7-16(18-5)17(11-15)19-9-8-13(3)10-14(19)4/h12-18H,6-11H2,1-5H3. The van der Waals surface area contributed by atoms with Gasteiger partial charge in [0, 0.05) is 18.1 Å². The fraction of sp³-hybridized carbons (Fsp3) is 1.00. The van der Waals surface area contributed by atoms with Crippen molar-refractivity contribution in [1.29, 1.82) is 0 Å². The molecule has 2 rings (SSSR count). The molecule has 1 aliphatic heterocycles. The van der Waals surface area contributed by atoms with Gasteiger partial charge in [0.2, 0.25) is 0 Å². The maximum absolute atomic E-state index is 3.60. The molecule has 5 unspecified atom stereocenters. The van der Waals surface area contributed by atoms with Gasteiger partial charge in [-0.1, -0.05) is 20.8 Å². The van der Waals surface area contributed by atoms with Crippen molar-refractivity contribution in [3.63, 3.8) is 0 Å². The second kappa shape index (κ2) is 6.58. The van der Waals surface area contributed by atoms with Gasteiger partial charge < -0.3 is 5.32 Å². The minimum Gasteiger partial charge on any atom is -0.315 e. The number of nitrogens with one attached hydrogen (secondary N) is 1. The summed E-state index contributed by atoms with van der Waals surface area (Å²) >= 11 is 0. The molecule has 1 aliphatic carbocycles. The Hall–Kier alpha value is -0.0800. The number of rotatable bonds is 3. The van der Waals surface area contributed by atoms with Gasteiger partial charge in [-0.25, -0.2) is 0 Å². The quantitative estimate of drug-likeness (QED) is 0.841. The third-order valence-corrected chi connectivity index (χ3v) is 5.79. The molecule has 0 aromatic heterocycles. The van der Waals surface area contributed by atoms with E-state index < -0.39 is 0 Å². The number of piperidine rings is 1. The van der Waals surface area contributed by atoms with Gasteiger partial charge in [0.1, 0.15) is 0 Å². The largest absolute Gasteiger partial charge is 0.315 e. The lowest BCUT2D eigenvalue weighted by Crippen LogP contribution is -2.57. The van der Waals surface area contributed by atoms with Gasteiger partial charge in [-0.05, 0) is 70.4 Å². The highest BCUT2D eigenvalue weighted by atomic mass is 15.2. The zero-order valence-electron chi connectivity index (χ0n) is 13.7. The number of hydrogen-bond donors (Lipinski definition) is 1. The first-order valence-corrected chi connectivity index (χ1v) is 8.46. The molecule has 0 aromatic rings. The maximum Gasteiger partial charge on any atom is 0.0254 e. The molecule has 0 aromatic carbocycles. The summed E-state index contributed by atoms with van der Waals surface area (Å²) in [5.41, 5.74) is 0. The van der Waals surface area contributed by atoms with Crippen LogP contribution in [0, 0.1) is 17.8 Å². The van der Waals surface area contributed by atoms with Crippen LogP contribution in [-0.2, 0) is 0 Å². The van der Waals surface area contributed by atoms with Crippen LogP contribution in [-0.4, -0.2) is 36.6 Å². The highest BCUT2D eigenvalue weighted by Gasteiger charge is 2.37. The van der Waals surface area contributed by atoms with Gasteiger partial charge in [0.15, 0.2) is 0 Å². The summed E-state index contributed by atoms with van der Waals surface area (Å²) in [6, 6.07) is 2.26. The molecule has 19 heavy (non-hydrogen) atoms. The monoisotopic (exact) mass is 266 g/mol. The summed E-state index contributed by atoms with van der Waals surface area (Å²) in [5.74, 6) is 2.70. The molecular weight excluding hydrogens is 232 g/mol. The minimum absolute atomic E-state index is 0.714. The van der Waals surface area contributed by atoms with Crippen molar-refractivity contribution in [2.45, 2.75) is 77.9 Å². The second-order valence-electron chi connectivity index (χ2n) is 7.50. The Kier molecular flexibility index (Phi) is 5.30. The van der Waals surface area contributed by atoms with Crippen LogP contribution in [0.4, 0.5) is 0 Å². The molecule has 112 valence electrons. The van der Waals surface area contributed by atoms with Crippen LogP contribution in [0.3, 0.4) is 0 Å². The van der Waals surface area contributed by atoms with Crippen molar-refractivity contribution in [2.75, 3.05) is 13.6 Å². The first-order chi connectivity index (χ1) is 9.02. The Labute approximate surface area is 120 Å². The zero-order valence-corrected chi connectivity index (χ0v) is 13.7. The summed E-state index contributed by atoms with van der Waals surface area (Å²) in [5, 5.41) is 3.60. The van der Waals surface area contributed by atoms with Crippen LogP contribution in [0.25, 0.3) is 0 Å². The van der Waals surface area contributed by atoms with Crippen molar-refractivity contribution in [3.05, 3.63) is 0 Å². The predicted octanol–water partition coefficient (Wildman–Crippen LogP) is 3.52. The van der Waals surface area contributed by atoms with E-state index in [0.29, 0.717) is 6.04 Å². The third kappa shape index (κ3) is 3.52. The van der Waals surface area contributed by atoms with E-state index in [2.05, 4.69) is 45.0 Å². The number of hydrogen-bond acceptors (Lipinski definition) is 2. The molecule has 0 amide bonds. The molecule has 0 spiro atoms. The van der Waals surface area contributed by atoms with Crippen molar-refractivity contribution < 1.29 is 0 Å². The van der Waals surface area contributed by atoms with E-state index in [4.69, 9.17) is 0 Å². The molecule has 1 N–H and O–H groups in total. The lowest BCUT2D eigenvalue weighted by molar-refractivity contribution is 0.0251. The normalized spacial score (nSPS) is 41.7. The number of nitrogens with zero attached hydrogens (tertiary/aromatic N) is 1. The third-order valence-electron chi connectivity index (χ3n) is 5.79. The lowest BCUT2D eigenvalue weighted by Gasteiger charge is -2.48. The fourth-order valence-corrected chi connectivity index (χ4v) is 4.41. The Morgan fingerprint density at radius 2 is 1.79 bits per heavy atom. The van der Waals surface area contributed by atoms with Crippen LogP contribution >= 0.6 is 0 Å². The van der Waals surface area contributed by atoms with Crippen LogP contribution in [0.5, 0.6) is 0 Å². The van der Waals surface area contributed by atoms with Gasteiger partial charge in [0.05, 0.1) is 0 Å². The molecule has 2 aliphatic rings. The zero-order chi connectivity index (χ0) is 14.0. The summed E-state index contributed by atoms with van der Waals surface area (Å²) in [6.45, 7) is 11.0. The van der Waals surface area contributed by atoms with Crippen LogP contribution in [0.1, 0.15) is 59.8 Å². The molecule has 1 heterocycles. The SMILES string of the molecule is CNC1CCC(C(C)C)CC1N1CCC(C)CC1C. The van der Waals surface area contributed by atoms with Gasteiger partial charge in [0.25, 0.3) is 0 Å². The molecule has 5 atom stereocenters. The van der Waals surface area contributed by atoms with Gasteiger partial charge in [-0.2, -0.15) is 0 Å². The van der Waals surface area contributed by atoms with E-state index >= 15 is 0 Å². The molecule has 2 heteroatoms. The van der Waals surface area contributed by atoms with Crippen molar-refractivity contribution in [2.24, 2.45) is 17.8 Å². The Morgan fingerprint density at radius 3 is 2.37 bits per heavy atom. The topological polar surface area (TPSA) is 15.3 Å². The molecule has 2 nitrogen and oxygen atoms in total. The van der Waals surface area contributed by atoms with Crippen LogP contribution in [0.15, 0.2) is 0 Å². The van der Waals surface area contributed by atoms with E-state index in [1.54, 1.807) is 0 Å². The molecule has 0 radical (unpaired) electrons. The molecular formula is C17H34N2. The van der Waals surface area contributed by atoms with E-state index in [-0.39, 0.29) is 0 Å². The second-order valence-corrected chi connectivity index (χ2v) is 7.50. The number of likely N-dealkylation sites (N-methyl/N-ethyl adjacent to an activating group) is 1. The van der Waals surface area contributed by atoms with E-state index in [0.717, 1.165) is 29.8 Å². The highest BCUT2D eigenvalue weighted by Crippen LogP contribution is 2.36. The first kappa shape index (κ1) is 15.3. The smallest absolute Gasteiger partial charge is 0.0254 e. The van der Waals surface area contributed by atoms with Crippen LogP contribution < -0.4 is 5.32 Å². The average molecular weight is 266 g/mol.